The standard InChI is InChI=1S/C13H14F3N3O2/c1-3-20-13(21-4-2)9-7-19(18-17-9)10-6-5-8(14)11(15)12(10)16/h5-7,13H,3-4H2,1-2H3. The number of halogens is 3. The zero-order chi connectivity index (χ0) is 15.4. The lowest BCUT2D eigenvalue weighted by Gasteiger charge is -2.13. The predicted octanol–water partition coefficient (Wildman–Crippen LogP) is 2.76. The van der Waals surface area contributed by atoms with E-state index in [1.54, 1.807) is 13.8 Å². The second-order valence-electron chi connectivity index (χ2n) is 4.03. The Bertz CT molecular complexity index is 613. The van der Waals surface area contributed by atoms with E-state index in [1.807, 2.05) is 0 Å². The molecule has 0 aliphatic carbocycles. The van der Waals surface area contributed by atoms with E-state index in [4.69, 9.17) is 9.47 Å². The van der Waals surface area contributed by atoms with E-state index in [9.17, 15) is 13.2 Å². The van der Waals surface area contributed by atoms with Crippen LogP contribution in [-0.4, -0.2) is 28.2 Å². The summed E-state index contributed by atoms with van der Waals surface area (Å²) in [5, 5.41) is 7.48. The van der Waals surface area contributed by atoms with Crippen LogP contribution in [0.1, 0.15) is 25.8 Å². The molecule has 0 atom stereocenters. The molecule has 2 rings (SSSR count). The number of aromatic nitrogens is 3. The van der Waals surface area contributed by atoms with E-state index >= 15 is 0 Å². The molecule has 0 fully saturated rings. The summed E-state index contributed by atoms with van der Waals surface area (Å²) >= 11 is 0. The largest absolute Gasteiger partial charge is 0.347 e. The molecule has 2 aromatic rings. The molecule has 1 heterocycles. The van der Waals surface area contributed by atoms with Crippen molar-refractivity contribution in [3.8, 4) is 5.69 Å². The number of benzene rings is 1. The first-order valence-corrected chi connectivity index (χ1v) is 6.37. The third kappa shape index (κ3) is 3.22. The van der Waals surface area contributed by atoms with Gasteiger partial charge in [0, 0.05) is 13.2 Å². The zero-order valence-electron chi connectivity index (χ0n) is 11.5. The molecule has 0 aliphatic rings. The molecule has 5 nitrogen and oxygen atoms in total. The zero-order valence-corrected chi connectivity index (χ0v) is 11.5. The van der Waals surface area contributed by atoms with Crippen LogP contribution >= 0.6 is 0 Å². The van der Waals surface area contributed by atoms with Crippen LogP contribution in [0.25, 0.3) is 5.69 Å². The Morgan fingerprint density at radius 1 is 1.10 bits per heavy atom. The highest BCUT2D eigenvalue weighted by molar-refractivity contribution is 5.33. The fourth-order valence-electron chi connectivity index (χ4n) is 1.72. The third-order valence-electron chi connectivity index (χ3n) is 2.65. The molecule has 1 aromatic heterocycles. The molecule has 0 unspecified atom stereocenters. The molecular formula is C13H14F3N3O2. The number of hydrogen-bond acceptors (Lipinski definition) is 4. The Kier molecular flexibility index (Phi) is 4.92. The molecule has 0 aliphatic heterocycles. The van der Waals surface area contributed by atoms with Gasteiger partial charge in [0.05, 0.1) is 6.20 Å². The molecule has 0 saturated carbocycles. The smallest absolute Gasteiger partial charge is 0.204 e. The highest BCUT2D eigenvalue weighted by Gasteiger charge is 2.19. The molecule has 114 valence electrons. The second-order valence-corrected chi connectivity index (χ2v) is 4.03. The topological polar surface area (TPSA) is 49.2 Å². The van der Waals surface area contributed by atoms with Crippen molar-refractivity contribution in [1.82, 2.24) is 15.0 Å². The van der Waals surface area contributed by atoms with Crippen molar-refractivity contribution in [1.29, 1.82) is 0 Å². The van der Waals surface area contributed by atoms with Gasteiger partial charge in [-0.25, -0.2) is 17.9 Å². The van der Waals surface area contributed by atoms with E-state index in [0.29, 0.717) is 18.9 Å². The second kappa shape index (κ2) is 6.68. The van der Waals surface area contributed by atoms with Crippen LogP contribution < -0.4 is 0 Å². The lowest BCUT2D eigenvalue weighted by atomic mass is 10.3. The van der Waals surface area contributed by atoms with Gasteiger partial charge in [-0.1, -0.05) is 5.21 Å². The SMILES string of the molecule is CCOC(OCC)c1cn(-c2ccc(F)c(F)c2F)nn1. The molecule has 0 saturated heterocycles. The molecule has 21 heavy (non-hydrogen) atoms. The normalized spacial score (nSPS) is 11.3. The summed E-state index contributed by atoms with van der Waals surface area (Å²) < 4.78 is 51.5. The minimum Gasteiger partial charge on any atom is -0.347 e. The van der Waals surface area contributed by atoms with Gasteiger partial charge in [0.1, 0.15) is 11.4 Å². The maximum Gasteiger partial charge on any atom is 0.204 e. The summed E-state index contributed by atoms with van der Waals surface area (Å²) in [5.41, 5.74) is 0.0576. The van der Waals surface area contributed by atoms with Gasteiger partial charge in [-0.05, 0) is 26.0 Å². The lowest BCUT2D eigenvalue weighted by Crippen LogP contribution is -2.09. The van der Waals surface area contributed by atoms with Gasteiger partial charge in [-0.2, -0.15) is 0 Å². The monoisotopic (exact) mass is 301 g/mol. The van der Waals surface area contributed by atoms with Crippen LogP contribution in [0.3, 0.4) is 0 Å². The molecule has 8 heteroatoms. The summed E-state index contributed by atoms with van der Waals surface area (Å²) in [7, 11) is 0. The summed E-state index contributed by atoms with van der Waals surface area (Å²) in [6, 6.07) is 1.89. The Morgan fingerprint density at radius 2 is 1.76 bits per heavy atom. The van der Waals surface area contributed by atoms with Crippen molar-refractivity contribution < 1.29 is 22.6 Å². The minimum atomic E-state index is -1.56. The molecule has 0 radical (unpaired) electrons. The Balaban J connectivity index is 2.33. The van der Waals surface area contributed by atoms with Crippen LogP contribution in [0, 0.1) is 17.5 Å². The number of nitrogens with zero attached hydrogens (tertiary/aromatic N) is 3. The predicted molar refractivity (Wildman–Crippen MR) is 67.2 cm³/mol. The molecule has 0 bridgehead atoms. The summed E-state index contributed by atoms with van der Waals surface area (Å²) in [5.74, 6) is -4.16. The molecule has 1 aromatic carbocycles. The van der Waals surface area contributed by atoms with Gasteiger partial charge in [0.15, 0.2) is 17.5 Å². The van der Waals surface area contributed by atoms with Crippen LogP contribution in [0.4, 0.5) is 13.2 Å². The highest BCUT2D eigenvalue weighted by Crippen LogP contribution is 2.21. The Labute approximate surface area is 119 Å². The lowest BCUT2D eigenvalue weighted by molar-refractivity contribution is -0.142. The maximum atomic E-state index is 13.7. The van der Waals surface area contributed by atoms with E-state index in [1.165, 1.54) is 6.20 Å². The van der Waals surface area contributed by atoms with Gasteiger partial charge < -0.3 is 9.47 Å². The van der Waals surface area contributed by atoms with Gasteiger partial charge in [-0.3, -0.25) is 0 Å². The first-order chi connectivity index (χ1) is 10.1. The van der Waals surface area contributed by atoms with Crippen molar-refractivity contribution in [2.75, 3.05) is 13.2 Å². The van der Waals surface area contributed by atoms with E-state index in [2.05, 4.69) is 10.3 Å². The molecule has 0 spiro atoms. The average Bonchev–Trinajstić information content (AvgIpc) is 2.94. The van der Waals surface area contributed by atoms with Crippen LogP contribution in [0.15, 0.2) is 18.3 Å². The molecule has 0 amide bonds. The minimum absolute atomic E-state index is 0.251. The third-order valence-corrected chi connectivity index (χ3v) is 2.65. The Hall–Kier alpha value is -1.93. The highest BCUT2D eigenvalue weighted by atomic mass is 19.2. The first-order valence-electron chi connectivity index (χ1n) is 6.37. The average molecular weight is 301 g/mol. The van der Waals surface area contributed by atoms with E-state index in [-0.39, 0.29) is 5.69 Å². The van der Waals surface area contributed by atoms with Crippen molar-refractivity contribution in [3.05, 3.63) is 41.5 Å². The van der Waals surface area contributed by atoms with E-state index in [0.717, 1.165) is 16.8 Å². The van der Waals surface area contributed by atoms with Crippen LogP contribution in [0.5, 0.6) is 0 Å². The van der Waals surface area contributed by atoms with E-state index < -0.39 is 23.7 Å². The van der Waals surface area contributed by atoms with Crippen molar-refractivity contribution in [2.24, 2.45) is 0 Å². The first kappa shape index (κ1) is 15.5. The number of hydrogen-bond donors (Lipinski definition) is 0. The van der Waals surface area contributed by atoms with Gasteiger partial charge in [0.2, 0.25) is 6.29 Å². The summed E-state index contributed by atoms with van der Waals surface area (Å²) in [6.45, 7) is 4.34. The van der Waals surface area contributed by atoms with Crippen molar-refractivity contribution in [3.63, 3.8) is 0 Å². The quantitative estimate of drug-likeness (QED) is 0.608. The van der Waals surface area contributed by atoms with Crippen molar-refractivity contribution in [2.45, 2.75) is 20.1 Å². The van der Waals surface area contributed by atoms with Gasteiger partial charge in [-0.15, -0.1) is 5.10 Å². The van der Waals surface area contributed by atoms with Gasteiger partial charge >= 0.3 is 0 Å². The fraction of sp³-hybridized carbons (Fsp3) is 0.385. The number of ether oxygens (including phenoxy) is 2. The molecular weight excluding hydrogens is 287 g/mol. The van der Waals surface area contributed by atoms with Crippen LogP contribution in [-0.2, 0) is 9.47 Å². The summed E-state index contributed by atoms with van der Waals surface area (Å²) in [4.78, 5) is 0. The van der Waals surface area contributed by atoms with Crippen molar-refractivity contribution >= 4 is 0 Å². The van der Waals surface area contributed by atoms with Gasteiger partial charge in [0.25, 0.3) is 0 Å². The number of rotatable bonds is 6. The van der Waals surface area contributed by atoms with Crippen LogP contribution in [0.2, 0.25) is 0 Å². The fourth-order valence-corrected chi connectivity index (χ4v) is 1.72. The summed E-state index contributed by atoms with van der Waals surface area (Å²) in [6.07, 6.45) is 0.591. The molecule has 0 N–H and O–H groups in total. The Morgan fingerprint density at radius 3 is 2.38 bits per heavy atom. The maximum absolute atomic E-state index is 13.7.